The Bertz CT molecular complexity index is 857. The van der Waals surface area contributed by atoms with Gasteiger partial charge >= 0.3 is 0 Å². The fourth-order valence-corrected chi connectivity index (χ4v) is 6.53. The first kappa shape index (κ1) is 25.2. The van der Waals surface area contributed by atoms with Crippen LogP contribution in [0.25, 0.3) is 0 Å². The van der Waals surface area contributed by atoms with Gasteiger partial charge in [0.05, 0.1) is 6.61 Å². The summed E-state index contributed by atoms with van der Waals surface area (Å²) < 4.78 is 33.7. The molecule has 2 fully saturated rings. The van der Waals surface area contributed by atoms with Crippen LogP contribution in [0.15, 0.2) is 42.5 Å². The summed E-state index contributed by atoms with van der Waals surface area (Å²) in [5.41, 5.74) is 2.29. The van der Waals surface area contributed by atoms with Crippen molar-refractivity contribution < 1.29 is 13.5 Å². The lowest BCUT2D eigenvalue weighted by atomic mass is 9.73. The molecule has 0 radical (unpaired) electrons. The van der Waals surface area contributed by atoms with Crippen molar-refractivity contribution in [2.24, 2.45) is 17.8 Å². The number of hydrogen-bond acceptors (Lipinski definition) is 1. The van der Waals surface area contributed by atoms with Gasteiger partial charge in [-0.2, -0.15) is 0 Å². The van der Waals surface area contributed by atoms with Crippen molar-refractivity contribution in [3.8, 4) is 5.75 Å². The predicted octanol–water partition coefficient (Wildman–Crippen LogP) is 9.42. The molecule has 1 atom stereocenters. The summed E-state index contributed by atoms with van der Waals surface area (Å²) in [6, 6.07) is 14.0. The second kappa shape index (κ2) is 12.2. The van der Waals surface area contributed by atoms with Crippen LogP contribution in [0.4, 0.5) is 8.78 Å². The third kappa shape index (κ3) is 6.61. The van der Waals surface area contributed by atoms with Crippen molar-refractivity contribution in [3.05, 3.63) is 65.2 Å². The van der Waals surface area contributed by atoms with E-state index in [4.69, 9.17) is 4.74 Å². The van der Waals surface area contributed by atoms with E-state index < -0.39 is 11.6 Å². The molecular weight excluding hydrogens is 426 g/mol. The van der Waals surface area contributed by atoms with E-state index >= 15 is 0 Å². The van der Waals surface area contributed by atoms with E-state index in [0.717, 1.165) is 36.2 Å². The minimum absolute atomic E-state index is 0.232. The highest BCUT2D eigenvalue weighted by Crippen LogP contribution is 2.42. The van der Waals surface area contributed by atoms with Gasteiger partial charge in [-0.1, -0.05) is 75.8 Å². The molecule has 2 aliphatic carbocycles. The SMILES string of the molecule is CCOc1c(F)cc(C2CCC(CCC3CCC(C[C@@H](C)c4ccccc4)CC3)CC2)cc1F. The summed E-state index contributed by atoms with van der Waals surface area (Å²) in [6.07, 6.45) is 14.1. The number of halogens is 2. The van der Waals surface area contributed by atoms with E-state index in [9.17, 15) is 8.78 Å². The Labute approximate surface area is 205 Å². The van der Waals surface area contributed by atoms with Crippen LogP contribution in [-0.2, 0) is 0 Å². The monoisotopic (exact) mass is 468 g/mol. The molecule has 0 amide bonds. The number of ether oxygens (including phenoxy) is 1. The fourth-order valence-electron chi connectivity index (χ4n) is 6.53. The minimum Gasteiger partial charge on any atom is -0.488 e. The van der Waals surface area contributed by atoms with Crippen molar-refractivity contribution in [2.45, 2.75) is 96.3 Å². The topological polar surface area (TPSA) is 9.23 Å². The first-order valence-electron chi connectivity index (χ1n) is 13.7. The molecule has 0 heterocycles. The summed E-state index contributed by atoms with van der Waals surface area (Å²) in [5, 5.41) is 0. The Balaban J connectivity index is 1.16. The van der Waals surface area contributed by atoms with E-state index in [1.165, 1.54) is 75.5 Å². The largest absolute Gasteiger partial charge is 0.488 e. The highest BCUT2D eigenvalue weighted by molar-refractivity contribution is 5.33. The van der Waals surface area contributed by atoms with Gasteiger partial charge < -0.3 is 4.74 Å². The Hall–Kier alpha value is -1.90. The third-order valence-electron chi connectivity index (χ3n) is 8.63. The lowest BCUT2D eigenvalue weighted by molar-refractivity contribution is 0.220. The van der Waals surface area contributed by atoms with Gasteiger partial charge in [0.25, 0.3) is 0 Å². The van der Waals surface area contributed by atoms with Gasteiger partial charge in [0, 0.05) is 0 Å². The molecule has 0 spiro atoms. The van der Waals surface area contributed by atoms with Crippen LogP contribution in [-0.4, -0.2) is 6.61 Å². The zero-order chi connectivity index (χ0) is 23.9. The van der Waals surface area contributed by atoms with Gasteiger partial charge in [-0.3, -0.25) is 0 Å². The molecule has 4 rings (SSSR count). The molecule has 0 unspecified atom stereocenters. The van der Waals surface area contributed by atoms with Gasteiger partial charge in [-0.25, -0.2) is 8.78 Å². The third-order valence-corrected chi connectivity index (χ3v) is 8.63. The maximum Gasteiger partial charge on any atom is 0.190 e. The number of hydrogen-bond donors (Lipinski definition) is 0. The predicted molar refractivity (Wildman–Crippen MR) is 136 cm³/mol. The Morgan fingerprint density at radius 2 is 1.32 bits per heavy atom. The normalized spacial score (nSPS) is 26.2. The zero-order valence-corrected chi connectivity index (χ0v) is 21.1. The highest BCUT2D eigenvalue weighted by Gasteiger charge is 2.27. The summed E-state index contributed by atoms with van der Waals surface area (Å²) >= 11 is 0. The molecule has 1 nitrogen and oxygen atoms in total. The molecule has 0 aliphatic heterocycles. The van der Waals surface area contributed by atoms with Crippen molar-refractivity contribution in [2.75, 3.05) is 6.61 Å². The summed E-state index contributed by atoms with van der Waals surface area (Å²) in [7, 11) is 0. The van der Waals surface area contributed by atoms with Crippen molar-refractivity contribution >= 4 is 0 Å². The molecule has 186 valence electrons. The quantitative estimate of drug-likeness (QED) is 0.356. The lowest BCUT2D eigenvalue weighted by Gasteiger charge is -2.33. The summed E-state index contributed by atoms with van der Waals surface area (Å²) in [4.78, 5) is 0. The lowest BCUT2D eigenvalue weighted by Crippen LogP contribution is -2.18. The molecule has 0 bridgehead atoms. The standard InChI is InChI=1S/C31H42F2O/c1-3-34-31-29(32)20-28(21-30(31)33)27-17-15-24(16-18-27)10-9-23-11-13-25(14-12-23)19-22(2)26-7-5-4-6-8-26/h4-8,20-25,27H,3,9-19H2,1-2H3/t22-,23?,24?,25?,27?/m1/s1. The van der Waals surface area contributed by atoms with Gasteiger partial charge in [0.15, 0.2) is 17.4 Å². The second-order valence-corrected chi connectivity index (χ2v) is 11.0. The van der Waals surface area contributed by atoms with Crippen LogP contribution in [0, 0.1) is 29.4 Å². The molecule has 0 aromatic heterocycles. The van der Waals surface area contributed by atoms with E-state index in [2.05, 4.69) is 37.3 Å². The van der Waals surface area contributed by atoms with Crippen molar-refractivity contribution in [1.29, 1.82) is 0 Å². The number of benzene rings is 2. The Kier molecular flexibility index (Phi) is 9.03. The van der Waals surface area contributed by atoms with Gasteiger partial charge in [0.1, 0.15) is 0 Å². The fraction of sp³-hybridized carbons (Fsp3) is 0.613. The smallest absolute Gasteiger partial charge is 0.190 e. The molecule has 34 heavy (non-hydrogen) atoms. The maximum absolute atomic E-state index is 14.3. The molecule has 0 N–H and O–H groups in total. The van der Waals surface area contributed by atoms with E-state index in [1.807, 2.05) is 0 Å². The summed E-state index contributed by atoms with van der Waals surface area (Å²) in [5.74, 6) is 2.15. The second-order valence-electron chi connectivity index (χ2n) is 11.0. The molecule has 2 aromatic rings. The Morgan fingerprint density at radius 1 is 0.794 bits per heavy atom. The maximum atomic E-state index is 14.3. The van der Waals surface area contributed by atoms with Crippen LogP contribution in [0.5, 0.6) is 5.75 Å². The first-order chi connectivity index (χ1) is 16.5. The van der Waals surface area contributed by atoms with Crippen LogP contribution < -0.4 is 4.74 Å². The van der Waals surface area contributed by atoms with Crippen LogP contribution in [0.2, 0.25) is 0 Å². The van der Waals surface area contributed by atoms with Crippen LogP contribution in [0.1, 0.15) is 107 Å². The van der Waals surface area contributed by atoms with Crippen LogP contribution >= 0.6 is 0 Å². The van der Waals surface area contributed by atoms with Gasteiger partial charge in [-0.15, -0.1) is 0 Å². The zero-order valence-electron chi connectivity index (χ0n) is 21.1. The van der Waals surface area contributed by atoms with E-state index in [1.54, 1.807) is 6.92 Å². The van der Waals surface area contributed by atoms with E-state index in [-0.39, 0.29) is 18.3 Å². The van der Waals surface area contributed by atoms with Crippen molar-refractivity contribution in [1.82, 2.24) is 0 Å². The molecule has 3 heteroatoms. The van der Waals surface area contributed by atoms with Gasteiger partial charge in [-0.05, 0) is 91.9 Å². The average molecular weight is 469 g/mol. The van der Waals surface area contributed by atoms with Crippen LogP contribution in [0.3, 0.4) is 0 Å². The molecule has 2 aliphatic rings. The summed E-state index contributed by atoms with van der Waals surface area (Å²) in [6.45, 7) is 4.40. The van der Waals surface area contributed by atoms with Gasteiger partial charge in [0.2, 0.25) is 0 Å². The molecule has 0 saturated heterocycles. The minimum atomic E-state index is -0.562. The highest BCUT2D eigenvalue weighted by atomic mass is 19.1. The number of rotatable bonds is 9. The molecule has 2 saturated carbocycles. The average Bonchev–Trinajstić information content (AvgIpc) is 2.86. The van der Waals surface area contributed by atoms with Crippen molar-refractivity contribution in [3.63, 3.8) is 0 Å². The molecule has 2 aromatic carbocycles. The van der Waals surface area contributed by atoms with E-state index in [0.29, 0.717) is 5.92 Å². The first-order valence-corrected chi connectivity index (χ1v) is 13.7. The molecular formula is C31H42F2O. The Morgan fingerprint density at radius 3 is 1.88 bits per heavy atom.